The van der Waals surface area contributed by atoms with E-state index in [-0.39, 0.29) is 5.91 Å². The van der Waals surface area contributed by atoms with E-state index in [1.54, 1.807) is 18.0 Å². The van der Waals surface area contributed by atoms with Crippen LogP contribution in [0.4, 0.5) is 0 Å². The van der Waals surface area contributed by atoms with Gasteiger partial charge in [0, 0.05) is 12.6 Å². The number of hydrogen-bond donors (Lipinski definition) is 0. The van der Waals surface area contributed by atoms with E-state index in [0.717, 1.165) is 42.4 Å². The monoisotopic (exact) mass is 317 g/mol. The summed E-state index contributed by atoms with van der Waals surface area (Å²) >= 11 is 0. The highest BCUT2D eigenvalue weighted by Gasteiger charge is 2.20. The molecule has 0 saturated carbocycles. The Balaban J connectivity index is 1.64. The summed E-state index contributed by atoms with van der Waals surface area (Å²) in [4.78, 5) is 16.5. The first-order valence-corrected chi connectivity index (χ1v) is 8.03. The van der Waals surface area contributed by atoms with E-state index in [2.05, 4.69) is 10.1 Å². The van der Waals surface area contributed by atoms with Gasteiger partial charge >= 0.3 is 0 Å². The molecule has 124 valence electrons. The van der Waals surface area contributed by atoms with Crippen molar-refractivity contribution in [2.75, 3.05) is 20.1 Å². The molecule has 1 aliphatic heterocycles. The SMILES string of the molecule is Cc1noc(C)c1CN(C)C(=O)c1ccc(CN2CCCC2)o1. The second kappa shape index (κ2) is 6.58. The molecule has 1 aliphatic rings. The Morgan fingerprint density at radius 2 is 2.04 bits per heavy atom. The standard InChI is InChI=1S/C17H23N3O3/c1-12-15(13(2)23-18-12)11-19(3)17(21)16-7-6-14(22-16)10-20-8-4-5-9-20/h6-7H,4-5,8-11H2,1-3H3. The fourth-order valence-electron chi connectivity index (χ4n) is 2.96. The number of aryl methyl sites for hydroxylation is 2. The third-order valence-electron chi connectivity index (χ3n) is 4.37. The van der Waals surface area contributed by atoms with Gasteiger partial charge in [-0.15, -0.1) is 0 Å². The fourth-order valence-corrected chi connectivity index (χ4v) is 2.96. The van der Waals surface area contributed by atoms with Gasteiger partial charge in [0.2, 0.25) is 0 Å². The molecule has 1 saturated heterocycles. The van der Waals surface area contributed by atoms with Crippen molar-refractivity contribution in [3.05, 3.63) is 40.7 Å². The summed E-state index contributed by atoms with van der Waals surface area (Å²) in [6.07, 6.45) is 2.49. The highest BCUT2D eigenvalue weighted by atomic mass is 16.5. The van der Waals surface area contributed by atoms with Crippen LogP contribution in [0.15, 0.2) is 21.1 Å². The second-order valence-corrected chi connectivity index (χ2v) is 6.21. The first-order chi connectivity index (χ1) is 11.0. The molecule has 1 amide bonds. The summed E-state index contributed by atoms with van der Waals surface area (Å²) in [5.41, 5.74) is 1.76. The summed E-state index contributed by atoms with van der Waals surface area (Å²) in [5, 5.41) is 3.92. The molecule has 3 heterocycles. The van der Waals surface area contributed by atoms with E-state index in [9.17, 15) is 4.79 Å². The lowest BCUT2D eigenvalue weighted by molar-refractivity contribution is 0.0749. The van der Waals surface area contributed by atoms with E-state index in [0.29, 0.717) is 12.3 Å². The third-order valence-corrected chi connectivity index (χ3v) is 4.37. The van der Waals surface area contributed by atoms with Gasteiger partial charge in [-0.1, -0.05) is 5.16 Å². The Kier molecular flexibility index (Phi) is 4.52. The average Bonchev–Trinajstić information content (AvgIpc) is 3.26. The molecule has 0 atom stereocenters. The minimum absolute atomic E-state index is 0.127. The molecule has 0 aromatic carbocycles. The zero-order valence-corrected chi connectivity index (χ0v) is 14.0. The van der Waals surface area contributed by atoms with E-state index in [4.69, 9.17) is 8.94 Å². The Labute approximate surface area is 136 Å². The minimum atomic E-state index is -0.127. The van der Waals surface area contributed by atoms with Gasteiger partial charge in [0.25, 0.3) is 5.91 Å². The molecule has 0 spiro atoms. The van der Waals surface area contributed by atoms with Crippen molar-refractivity contribution in [3.63, 3.8) is 0 Å². The molecule has 23 heavy (non-hydrogen) atoms. The summed E-state index contributed by atoms with van der Waals surface area (Å²) in [5.74, 6) is 1.85. The fraction of sp³-hybridized carbons (Fsp3) is 0.529. The molecular formula is C17H23N3O3. The molecular weight excluding hydrogens is 294 g/mol. The van der Waals surface area contributed by atoms with E-state index in [1.807, 2.05) is 19.9 Å². The van der Waals surface area contributed by atoms with Crippen LogP contribution in [-0.4, -0.2) is 41.0 Å². The summed E-state index contributed by atoms with van der Waals surface area (Å²) in [6, 6.07) is 3.66. The molecule has 0 radical (unpaired) electrons. The van der Waals surface area contributed by atoms with Crippen LogP contribution >= 0.6 is 0 Å². The molecule has 1 fully saturated rings. The molecule has 0 bridgehead atoms. The minimum Gasteiger partial charge on any atom is -0.455 e. The van der Waals surface area contributed by atoms with Gasteiger partial charge < -0.3 is 13.8 Å². The van der Waals surface area contributed by atoms with Gasteiger partial charge in [-0.2, -0.15) is 0 Å². The lowest BCUT2D eigenvalue weighted by Gasteiger charge is -2.15. The van der Waals surface area contributed by atoms with Crippen LogP contribution in [-0.2, 0) is 13.1 Å². The highest BCUT2D eigenvalue weighted by molar-refractivity contribution is 5.91. The maximum Gasteiger partial charge on any atom is 0.289 e. The lowest BCUT2D eigenvalue weighted by Crippen LogP contribution is -2.26. The van der Waals surface area contributed by atoms with Crippen LogP contribution in [0, 0.1) is 13.8 Å². The molecule has 6 heteroatoms. The normalized spacial score (nSPS) is 15.3. The van der Waals surface area contributed by atoms with Crippen LogP contribution < -0.4 is 0 Å². The van der Waals surface area contributed by atoms with Crippen molar-refractivity contribution < 1.29 is 13.7 Å². The van der Waals surface area contributed by atoms with E-state index in [1.165, 1.54) is 12.8 Å². The summed E-state index contributed by atoms with van der Waals surface area (Å²) in [6.45, 7) is 7.19. The number of hydrogen-bond acceptors (Lipinski definition) is 5. The number of furan rings is 1. The largest absolute Gasteiger partial charge is 0.455 e. The summed E-state index contributed by atoms with van der Waals surface area (Å²) in [7, 11) is 1.76. The predicted molar refractivity (Wildman–Crippen MR) is 85.0 cm³/mol. The molecule has 3 rings (SSSR count). The molecule has 0 aliphatic carbocycles. The van der Waals surface area contributed by atoms with Crippen LogP contribution in [0.3, 0.4) is 0 Å². The summed E-state index contributed by atoms with van der Waals surface area (Å²) < 4.78 is 10.9. The number of nitrogens with zero attached hydrogens (tertiary/aromatic N) is 3. The topological polar surface area (TPSA) is 62.7 Å². The number of carbonyl (C=O) groups excluding carboxylic acids is 1. The van der Waals surface area contributed by atoms with Gasteiger partial charge in [0.1, 0.15) is 11.5 Å². The molecule has 0 unspecified atom stereocenters. The zero-order chi connectivity index (χ0) is 16.4. The predicted octanol–water partition coefficient (Wildman–Crippen LogP) is 2.75. The molecule has 0 N–H and O–H groups in total. The number of carbonyl (C=O) groups is 1. The third kappa shape index (κ3) is 3.47. The molecule has 2 aromatic rings. The Hall–Kier alpha value is -2.08. The van der Waals surface area contributed by atoms with Gasteiger partial charge in [0.15, 0.2) is 5.76 Å². The number of rotatable bonds is 5. The molecule has 6 nitrogen and oxygen atoms in total. The average molecular weight is 317 g/mol. The van der Waals surface area contributed by atoms with Gasteiger partial charge in [0.05, 0.1) is 18.8 Å². The first kappa shape index (κ1) is 15.8. The van der Waals surface area contributed by atoms with Crippen molar-refractivity contribution >= 4 is 5.91 Å². The Morgan fingerprint density at radius 3 is 2.70 bits per heavy atom. The smallest absolute Gasteiger partial charge is 0.289 e. The highest BCUT2D eigenvalue weighted by Crippen LogP contribution is 2.18. The molecule has 2 aromatic heterocycles. The van der Waals surface area contributed by atoms with Crippen LogP contribution in [0.5, 0.6) is 0 Å². The van der Waals surface area contributed by atoms with E-state index >= 15 is 0 Å². The van der Waals surface area contributed by atoms with Crippen LogP contribution in [0.25, 0.3) is 0 Å². The quantitative estimate of drug-likeness (QED) is 0.848. The van der Waals surface area contributed by atoms with E-state index < -0.39 is 0 Å². The second-order valence-electron chi connectivity index (χ2n) is 6.21. The maximum atomic E-state index is 12.5. The number of likely N-dealkylation sites (tertiary alicyclic amines) is 1. The van der Waals surface area contributed by atoms with Gasteiger partial charge in [-0.25, -0.2) is 0 Å². The van der Waals surface area contributed by atoms with Gasteiger partial charge in [-0.3, -0.25) is 9.69 Å². The maximum absolute atomic E-state index is 12.5. The van der Waals surface area contributed by atoms with Crippen LogP contribution in [0.2, 0.25) is 0 Å². The first-order valence-electron chi connectivity index (χ1n) is 8.03. The Bertz CT molecular complexity index is 664. The van der Waals surface area contributed by atoms with Crippen LogP contribution in [0.1, 0.15) is 46.2 Å². The van der Waals surface area contributed by atoms with Crippen molar-refractivity contribution in [2.45, 2.75) is 39.8 Å². The Morgan fingerprint density at radius 1 is 1.30 bits per heavy atom. The number of amides is 1. The van der Waals surface area contributed by atoms with Gasteiger partial charge in [-0.05, 0) is 51.9 Å². The number of aromatic nitrogens is 1. The lowest BCUT2D eigenvalue weighted by atomic mass is 10.2. The van der Waals surface area contributed by atoms with Crippen molar-refractivity contribution in [3.8, 4) is 0 Å². The van der Waals surface area contributed by atoms with Crippen molar-refractivity contribution in [2.24, 2.45) is 0 Å². The van der Waals surface area contributed by atoms with Crippen molar-refractivity contribution in [1.82, 2.24) is 15.0 Å². The van der Waals surface area contributed by atoms with Crippen molar-refractivity contribution in [1.29, 1.82) is 0 Å². The zero-order valence-electron chi connectivity index (χ0n) is 14.0.